The lowest BCUT2D eigenvalue weighted by molar-refractivity contribution is 0.0935. The molecule has 0 bridgehead atoms. The van der Waals surface area contributed by atoms with Crippen LogP contribution < -0.4 is 10.6 Å². The van der Waals surface area contributed by atoms with Crippen molar-refractivity contribution >= 4 is 5.91 Å². The van der Waals surface area contributed by atoms with Crippen molar-refractivity contribution in [3.05, 3.63) is 35.4 Å². The molecule has 1 saturated heterocycles. The zero-order valence-corrected chi connectivity index (χ0v) is 11.9. The lowest BCUT2D eigenvalue weighted by Gasteiger charge is -2.16. The second-order valence-electron chi connectivity index (χ2n) is 5.65. The van der Waals surface area contributed by atoms with E-state index in [1.807, 2.05) is 24.3 Å². The smallest absolute Gasteiger partial charge is 0.251 e. The molecule has 104 valence electrons. The number of hydrogen-bond acceptors (Lipinski definition) is 2. The van der Waals surface area contributed by atoms with E-state index in [9.17, 15) is 4.79 Å². The quantitative estimate of drug-likeness (QED) is 0.877. The van der Waals surface area contributed by atoms with Gasteiger partial charge in [0.05, 0.1) is 0 Å². The van der Waals surface area contributed by atoms with Gasteiger partial charge in [-0.2, -0.15) is 0 Å². The molecule has 0 spiro atoms. The molecule has 1 aromatic carbocycles. The summed E-state index contributed by atoms with van der Waals surface area (Å²) < 4.78 is 0. The number of rotatable bonds is 3. The highest BCUT2D eigenvalue weighted by molar-refractivity contribution is 5.94. The van der Waals surface area contributed by atoms with Crippen LogP contribution in [0.25, 0.3) is 0 Å². The van der Waals surface area contributed by atoms with Crippen LogP contribution >= 0.6 is 0 Å². The van der Waals surface area contributed by atoms with Gasteiger partial charge in [-0.1, -0.05) is 32.4 Å². The monoisotopic (exact) mass is 260 g/mol. The SMILES string of the molecule is CC(C)c1ccc(C(=O)NC2CCCCNC2)cc1. The van der Waals surface area contributed by atoms with Gasteiger partial charge in [0, 0.05) is 18.2 Å². The first kappa shape index (κ1) is 14.1. The van der Waals surface area contributed by atoms with Crippen LogP contribution in [0.2, 0.25) is 0 Å². The second kappa shape index (κ2) is 6.71. The molecule has 3 nitrogen and oxygen atoms in total. The summed E-state index contributed by atoms with van der Waals surface area (Å²) in [5.74, 6) is 0.548. The van der Waals surface area contributed by atoms with Gasteiger partial charge in [-0.05, 0) is 43.0 Å². The summed E-state index contributed by atoms with van der Waals surface area (Å²) in [4.78, 5) is 12.2. The molecule has 1 heterocycles. The molecule has 0 aromatic heterocycles. The minimum atomic E-state index is 0.0454. The molecular formula is C16H24N2O. The van der Waals surface area contributed by atoms with Crippen LogP contribution in [0.15, 0.2) is 24.3 Å². The molecule has 2 rings (SSSR count). The van der Waals surface area contributed by atoms with Crippen molar-refractivity contribution in [2.75, 3.05) is 13.1 Å². The maximum Gasteiger partial charge on any atom is 0.251 e. The molecule has 19 heavy (non-hydrogen) atoms. The molecule has 1 unspecified atom stereocenters. The number of carbonyl (C=O) groups is 1. The van der Waals surface area contributed by atoms with Gasteiger partial charge in [-0.3, -0.25) is 4.79 Å². The minimum absolute atomic E-state index is 0.0454. The van der Waals surface area contributed by atoms with E-state index in [1.54, 1.807) is 0 Å². The third-order valence-electron chi connectivity index (χ3n) is 3.72. The number of nitrogens with one attached hydrogen (secondary N) is 2. The van der Waals surface area contributed by atoms with Gasteiger partial charge in [0.25, 0.3) is 5.91 Å². The number of carbonyl (C=O) groups excluding carboxylic acids is 1. The molecule has 0 radical (unpaired) electrons. The molecule has 1 amide bonds. The Hall–Kier alpha value is -1.35. The summed E-state index contributed by atoms with van der Waals surface area (Å²) in [5, 5.41) is 6.49. The van der Waals surface area contributed by atoms with E-state index in [0.717, 1.165) is 25.1 Å². The minimum Gasteiger partial charge on any atom is -0.348 e. The average Bonchev–Trinajstić information content (AvgIpc) is 2.67. The molecule has 1 aromatic rings. The van der Waals surface area contributed by atoms with E-state index >= 15 is 0 Å². The number of amides is 1. The fourth-order valence-electron chi connectivity index (χ4n) is 2.43. The van der Waals surface area contributed by atoms with E-state index in [1.165, 1.54) is 18.4 Å². The summed E-state index contributed by atoms with van der Waals surface area (Å²) >= 11 is 0. The van der Waals surface area contributed by atoms with Gasteiger partial charge < -0.3 is 10.6 Å². The van der Waals surface area contributed by atoms with Crippen LogP contribution in [-0.4, -0.2) is 25.0 Å². The first-order chi connectivity index (χ1) is 9.16. The number of benzene rings is 1. The summed E-state index contributed by atoms with van der Waals surface area (Å²) in [7, 11) is 0. The molecule has 1 aliphatic rings. The molecule has 1 atom stereocenters. The van der Waals surface area contributed by atoms with Crippen molar-refractivity contribution in [2.24, 2.45) is 0 Å². The van der Waals surface area contributed by atoms with Gasteiger partial charge in [-0.25, -0.2) is 0 Å². The Morgan fingerprint density at radius 1 is 1.26 bits per heavy atom. The summed E-state index contributed by atoms with van der Waals surface area (Å²) in [5.41, 5.74) is 2.03. The van der Waals surface area contributed by atoms with E-state index in [2.05, 4.69) is 24.5 Å². The lowest BCUT2D eigenvalue weighted by atomic mass is 10.0. The summed E-state index contributed by atoms with van der Waals surface area (Å²) in [6.07, 6.45) is 3.46. The van der Waals surface area contributed by atoms with Crippen LogP contribution in [0.1, 0.15) is 54.9 Å². The maximum absolute atomic E-state index is 12.2. The Kier molecular flexibility index (Phi) is 4.97. The highest BCUT2D eigenvalue weighted by Gasteiger charge is 2.15. The van der Waals surface area contributed by atoms with Gasteiger partial charge in [0.2, 0.25) is 0 Å². The lowest BCUT2D eigenvalue weighted by Crippen LogP contribution is -2.40. The zero-order valence-electron chi connectivity index (χ0n) is 11.9. The molecule has 0 saturated carbocycles. The zero-order chi connectivity index (χ0) is 13.7. The second-order valence-corrected chi connectivity index (χ2v) is 5.65. The van der Waals surface area contributed by atoms with Crippen molar-refractivity contribution in [2.45, 2.75) is 45.1 Å². The molecule has 1 aliphatic heterocycles. The highest BCUT2D eigenvalue weighted by Crippen LogP contribution is 2.15. The van der Waals surface area contributed by atoms with E-state index in [-0.39, 0.29) is 11.9 Å². The molecular weight excluding hydrogens is 236 g/mol. The van der Waals surface area contributed by atoms with Gasteiger partial charge in [0.1, 0.15) is 0 Å². The van der Waals surface area contributed by atoms with Crippen LogP contribution in [0.3, 0.4) is 0 Å². The van der Waals surface area contributed by atoms with Gasteiger partial charge in [0.15, 0.2) is 0 Å². The maximum atomic E-state index is 12.2. The Bertz CT molecular complexity index is 403. The largest absolute Gasteiger partial charge is 0.348 e. The molecule has 1 fully saturated rings. The highest BCUT2D eigenvalue weighted by atomic mass is 16.1. The van der Waals surface area contributed by atoms with Crippen molar-refractivity contribution < 1.29 is 4.79 Å². The summed E-state index contributed by atoms with van der Waals surface area (Å²) in [6, 6.07) is 8.21. The Morgan fingerprint density at radius 3 is 2.68 bits per heavy atom. The van der Waals surface area contributed by atoms with Crippen LogP contribution in [0.4, 0.5) is 0 Å². The van der Waals surface area contributed by atoms with E-state index in [4.69, 9.17) is 0 Å². The van der Waals surface area contributed by atoms with Crippen LogP contribution in [0.5, 0.6) is 0 Å². The number of hydrogen-bond donors (Lipinski definition) is 2. The van der Waals surface area contributed by atoms with Gasteiger partial charge >= 0.3 is 0 Å². The standard InChI is InChI=1S/C16H24N2O/c1-12(2)13-6-8-14(9-7-13)16(19)18-15-5-3-4-10-17-11-15/h6-9,12,15,17H,3-5,10-11H2,1-2H3,(H,18,19). The van der Waals surface area contributed by atoms with Crippen molar-refractivity contribution in [3.63, 3.8) is 0 Å². The van der Waals surface area contributed by atoms with Crippen molar-refractivity contribution in [1.82, 2.24) is 10.6 Å². The summed E-state index contributed by atoms with van der Waals surface area (Å²) in [6.45, 7) is 6.27. The molecule has 2 N–H and O–H groups in total. The predicted octanol–water partition coefficient (Wildman–Crippen LogP) is 2.68. The fraction of sp³-hybridized carbons (Fsp3) is 0.562. The normalized spacial score (nSPS) is 20.1. The van der Waals surface area contributed by atoms with E-state index < -0.39 is 0 Å². The third-order valence-corrected chi connectivity index (χ3v) is 3.72. The third kappa shape index (κ3) is 4.06. The Morgan fingerprint density at radius 2 is 2.00 bits per heavy atom. The fourth-order valence-corrected chi connectivity index (χ4v) is 2.43. The Balaban J connectivity index is 1.95. The van der Waals surface area contributed by atoms with Crippen molar-refractivity contribution in [1.29, 1.82) is 0 Å². The van der Waals surface area contributed by atoms with Crippen LogP contribution in [-0.2, 0) is 0 Å². The van der Waals surface area contributed by atoms with E-state index in [0.29, 0.717) is 5.92 Å². The first-order valence-corrected chi connectivity index (χ1v) is 7.28. The Labute approximate surface area is 115 Å². The molecule has 3 heteroatoms. The molecule has 0 aliphatic carbocycles. The van der Waals surface area contributed by atoms with Crippen LogP contribution in [0, 0.1) is 0 Å². The topological polar surface area (TPSA) is 41.1 Å². The van der Waals surface area contributed by atoms with Crippen molar-refractivity contribution in [3.8, 4) is 0 Å². The predicted molar refractivity (Wildman–Crippen MR) is 78.5 cm³/mol. The first-order valence-electron chi connectivity index (χ1n) is 7.28. The average molecular weight is 260 g/mol. The van der Waals surface area contributed by atoms with Gasteiger partial charge in [-0.15, -0.1) is 0 Å².